The molecule has 0 radical (unpaired) electrons. The van der Waals surface area contributed by atoms with Gasteiger partial charge in [-0.2, -0.15) is 0 Å². The van der Waals surface area contributed by atoms with Gasteiger partial charge in [-0.15, -0.1) is 0 Å². The molecule has 1 N–H and O–H groups in total. The number of halogens is 2. The highest BCUT2D eigenvalue weighted by atomic mass is 32.2. The van der Waals surface area contributed by atoms with Gasteiger partial charge in [0, 0.05) is 22.8 Å². The highest BCUT2D eigenvalue weighted by Gasteiger charge is 2.22. The largest absolute Gasteiger partial charge is 0.417 e. The molecular weight excluding hydrogens is 398 g/mol. The first-order valence-electron chi connectivity index (χ1n) is 9.66. The summed E-state index contributed by atoms with van der Waals surface area (Å²) in [5, 5.41) is 0. The Morgan fingerprint density at radius 2 is 1.86 bits per heavy atom. The fraction of sp³-hybridized carbons (Fsp3) is 0.381. The molecule has 0 bridgehead atoms. The number of hydrogen-bond acceptors (Lipinski definition) is 4. The van der Waals surface area contributed by atoms with E-state index < -0.39 is 28.2 Å². The Hall–Kier alpha value is -2.32. The molecule has 2 heterocycles. The summed E-state index contributed by atoms with van der Waals surface area (Å²) in [6.45, 7) is 2.34. The number of nitrogens with one attached hydrogen (secondary N) is 1. The maximum atomic E-state index is 13.8. The Morgan fingerprint density at radius 3 is 2.59 bits per heavy atom. The van der Waals surface area contributed by atoms with Crippen molar-refractivity contribution < 1.29 is 17.4 Å². The smallest absolute Gasteiger partial charge is 0.408 e. The zero-order chi connectivity index (χ0) is 20.4. The van der Waals surface area contributed by atoms with Crippen LogP contribution in [0.1, 0.15) is 18.4 Å². The van der Waals surface area contributed by atoms with Crippen LogP contribution in [0, 0.1) is 17.6 Å². The van der Waals surface area contributed by atoms with Crippen LogP contribution in [0.15, 0.2) is 50.5 Å². The molecule has 0 amide bonds. The Morgan fingerprint density at radius 1 is 1.14 bits per heavy atom. The van der Waals surface area contributed by atoms with Gasteiger partial charge in [-0.3, -0.25) is 9.19 Å². The van der Waals surface area contributed by atoms with Crippen LogP contribution in [-0.4, -0.2) is 39.5 Å². The van der Waals surface area contributed by atoms with Gasteiger partial charge in [0.1, 0.15) is 11.6 Å². The third kappa shape index (κ3) is 4.64. The van der Waals surface area contributed by atoms with Gasteiger partial charge in [-0.05, 0) is 68.6 Å². The fourth-order valence-corrected chi connectivity index (χ4v) is 4.96. The predicted molar refractivity (Wildman–Crippen MR) is 107 cm³/mol. The van der Waals surface area contributed by atoms with Crippen molar-refractivity contribution in [3.05, 3.63) is 64.1 Å². The van der Waals surface area contributed by atoms with Crippen molar-refractivity contribution in [2.24, 2.45) is 5.92 Å². The zero-order valence-electron chi connectivity index (χ0n) is 15.8. The molecule has 4 rings (SSSR count). The molecule has 8 heteroatoms. The number of rotatable bonds is 6. The van der Waals surface area contributed by atoms with Crippen LogP contribution in [0.2, 0.25) is 0 Å². The molecule has 2 aromatic carbocycles. The summed E-state index contributed by atoms with van der Waals surface area (Å²) in [6.07, 6.45) is 2.15. The molecule has 0 aliphatic carbocycles. The highest BCUT2D eigenvalue weighted by Crippen LogP contribution is 2.24. The maximum Gasteiger partial charge on any atom is 0.417 e. The second-order valence-electron chi connectivity index (χ2n) is 7.41. The number of hydrogen-bond donors (Lipinski definition) is 1. The number of likely N-dealkylation sites (tertiary alicyclic amines) is 1. The molecule has 0 spiro atoms. The van der Waals surface area contributed by atoms with Crippen molar-refractivity contribution in [3.63, 3.8) is 0 Å². The minimum atomic E-state index is -1.18. The van der Waals surface area contributed by atoms with Crippen LogP contribution in [-0.2, 0) is 17.2 Å². The summed E-state index contributed by atoms with van der Waals surface area (Å²) >= 11 is 0. The molecule has 1 unspecified atom stereocenters. The second-order valence-corrected chi connectivity index (χ2v) is 8.98. The Bertz CT molecular complexity index is 1070. The summed E-state index contributed by atoms with van der Waals surface area (Å²) in [7, 11) is -1.18. The molecule has 1 aliphatic heterocycles. The predicted octanol–water partition coefficient (Wildman–Crippen LogP) is 3.46. The van der Waals surface area contributed by atoms with E-state index in [1.165, 1.54) is 18.2 Å². The van der Waals surface area contributed by atoms with E-state index in [2.05, 4.69) is 9.88 Å². The minimum Gasteiger partial charge on any atom is -0.408 e. The van der Waals surface area contributed by atoms with E-state index >= 15 is 0 Å². The lowest BCUT2D eigenvalue weighted by Gasteiger charge is -2.32. The number of aromatic amines is 1. The van der Waals surface area contributed by atoms with E-state index in [1.807, 2.05) is 0 Å². The highest BCUT2D eigenvalue weighted by molar-refractivity contribution is 7.85. The van der Waals surface area contributed by atoms with E-state index in [9.17, 15) is 17.8 Å². The molecular formula is C21H22F2N2O3S. The van der Waals surface area contributed by atoms with Gasteiger partial charge in [0.15, 0.2) is 5.58 Å². The number of piperidine rings is 1. The van der Waals surface area contributed by atoms with E-state index in [-0.39, 0.29) is 11.5 Å². The van der Waals surface area contributed by atoms with Crippen LogP contribution in [0.5, 0.6) is 0 Å². The average molecular weight is 420 g/mol. The van der Waals surface area contributed by atoms with Gasteiger partial charge in [0.25, 0.3) is 0 Å². The Balaban J connectivity index is 1.28. The van der Waals surface area contributed by atoms with Crippen LogP contribution in [0.4, 0.5) is 8.78 Å². The lowest BCUT2D eigenvalue weighted by molar-refractivity contribution is 0.192. The molecule has 1 aromatic heterocycles. The normalized spacial score (nSPS) is 17.0. The molecule has 5 nitrogen and oxygen atoms in total. The SMILES string of the molecule is O=c1[nH]c2cc(S(=O)CCN3CCC(Cc4c(F)cccc4F)CC3)ccc2o1. The average Bonchev–Trinajstić information content (AvgIpc) is 3.09. The first-order chi connectivity index (χ1) is 14.0. The van der Waals surface area contributed by atoms with Crippen molar-refractivity contribution in [2.45, 2.75) is 24.2 Å². The summed E-state index contributed by atoms with van der Waals surface area (Å²) < 4.78 is 45.2. The van der Waals surface area contributed by atoms with Crippen molar-refractivity contribution >= 4 is 21.9 Å². The summed E-state index contributed by atoms with van der Waals surface area (Å²) in [5.74, 6) is -0.734. The van der Waals surface area contributed by atoms with E-state index in [4.69, 9.17) is 4.42 Å². The van der Waals surface area contributed by atoms with Crippen molar-refractivity contribution in [2.75, 3.05) is 25.4 Å². The molecule has 1 aliphatic rings. The fourth-order valence-electron chi connectivity index (χ4n) is 3.83. The molecule has 1 fully saturated rings. The quantitative estimate of drug-likeness (QED) is 0.663. The molecule has 0 saturated carbocycles. The zero-order valence-corrected chi connectivity index (χ0v) is 16.6. The monoisotopic (exact) mass is 420 g/mol. The summed E-state index contributed by atoms with van der Waals surface area (Å²) in [5.41, 5.74) is 1.17. The van der Waals surface area contributed by atoms with Crippen LogP contribution < -0.4 is 5.76 Å². The molecule has 1 saturated heterocycles. The number of nitrogens with zero attached hydrogens (tertiary/aromatic N) is 1. The number of H-pyrrole nitrogens is 1. The van der Waals surface area contributed by atoms with Gasteiger partial charge in [-0.1, -0.05) is 6.07 Å². The third-order valence-electron chi connectivity index (χ3n) is 5.51. The van der Waals surface area contributed by atoms with E-state index in [0.717, 1.165) is 25.9 Å². The number of fused-ring (bicyclic) bond motifs is 1. The van der Waals surface area contributed by atoms with Gasteiger partial charge in [-0.25, -0.2) is 13.6 Å². The minimum absolute atomic E-state index is 0.180. The maximum absolute atomic E-state index is 13.8. The Labute approximate surface area is 169 Å². The molecule has 1 atom stereocenters. The second kappa shape index (κ2) is 8.59. The van der Waals surface area contributed by atoms with Gasteiger partial charge < -0.3 is 9.32 Å². The van der Waals surface area contributed by atoms with Gasteiger partial charge >= 0.3 is 5.76 Å². The third-order valence-corrected chi connectivity index (χ3v) is 6.84. The number of benzene rings is 2. The summed E-state index contributed by atoms with van der Waals surface area (Å²) in [6, 6.07) is 9.04. The van der Waals surface area contributed by atoms with Crippen molar-refractivity contribution in [3.8, 4) is 0 Å². The first-order valence-corrected chi connectivity index (χ1v) is 11.0. The van der Waals surface area contributed by atoms with Crippen molar-refractivity contribution in [1.29, 1.82) is 0 Å². The van der Waals surface area contributed by atoms with E-state index in [1.54, 1.807) is 18.2 Å². The lowest BCUT2D eigenvalue weighted by Crippen LogP contribution is -2.36. The lowest BCUT2D eigenvalue weighted by atomic mass is 9.90. The number of oxazole rings is 1. The standard InChI is InChI=1S/C21H22F2N2O3S/c22-17-2-1-3-18(23)16(17)12-14-6-8-25(9-7-14)10-11-29(27)15-4-5-20-19(13-15)24-21(26)28-20/h1-5,13-14H,6-12H2,(H,24,26). The van der Waals surface area contributed by atoms with Crippen LogP contribution in [0.3, 0.4) is 0 Å². The van der Waals surface area contributed by atoms with Crippen LogP contribution >= 0.6 is 0 Å². The first kappa shape index (κ1) is 20.0. The van der Waals surface area contributed by atoms with Gasteiger partial charge in [0.2, 0.25) is 0 Å². The summed E-state index contributed by atoms with van der Waals surface area (Å²) in [4.78, 5) is 16.7. The molecule has 3 aromatic rings. The van der Waals surface area contributed by atoms with Gasteiger partial charge in [0.05, 0.1) is 16.3 Å². The number of aromatic nitrogens is 1. The van der Waals surface area contributed by atoms with E-state index in [0.29, 0.717) is 34.7 Å². The Kier molecular flexibility index (Phi) is 5.91. The van der Waals surface area contributed by atoms with Crippen LogP contribution in [0.25, 0.3) is 11.1 Å². The topological polar surface area (TPSA) is 66.3 Å². The molecule has 29 heavy (non-hydrogen) atoms. The van der Waals surface area contributed by atoms with Crippen molar-refractivity contribution in [1.82, 2.24) is 9.88 Å². The molecule has 154 valence electrons.